The van der Waals surface area contributed by atoms with Crippen LogP contribution in [0.2, 0.25) is 0 Å². The van der Waals surface area contributed by atoms with E-state index >= 15 is 0 Å². The smallest absolute Gasteiger partial charge is 0.302 e. The summed E-state index contributed by atoms with van der Waals surface area (Å²) in [5.41, 5.74) is -1.17. The van der Waals surface area contributed by atoms with E-state index in [4.69, 9.17) is 4.74 Å². The Morgan fingerprint density at radius 3 is 2.66 bits per heavy atom. The first-order chi connectivity index (χ1) is 15.0. The molecule has 9 nitrogen and oxygen atoms in total. The molecule has 0 aliphatic carbocycles. The molecule has 1 saturated heterocycles. The van der Waals surface area contributed by atoms with E-state index < -0.39 is 40.2 Å². The maximum absolute atomic E-state index is 14.0. The number of rotatable bonds is 10. The Morgan fingerprint density at radius 1 is 1.31 bits per heavy atom. The van der Waals surface area contributed by atoms with Gasteiger partial charge in [-0.3, -0.25) is 4.72 Å². The van der Waals surface area contributed by atoms with Gasteiger partial charge in [-0.15, -0.1) is 0 Å². The van der Waals surface area contributed by atoms with Crippen LogP contribution in [0.5, 0.6) is 5.88 Å². The van der Waals surface area contributed by atoms with Gasteiger partial charge < -0.3 is 14.9 Å². The van der Waals surface area contributed by atoms with Crippen molar-refractivity contribution in [2.75, 3.05) is 24.4 Å². The lowest BCUT2D eigenvalue weighted by atomic mass is 10.0. The number of thioether (sulfide) groups is 1. The van der Waals surface area contributed by atoms with Crippen molar-refractivity contribution in [3.63, 3.8) is 0 Å². The summed E-state index contributed by atoms with van der Waals surface area (Å²) in [6.45, 7) is 3.26. The van der Waals surface area contributed by atoms with Gasteiger partial charge in [-0.1, -0.05) is 23.9 Å². The number of anilines is 1. The zero-order valence-electron chi connectivity index (χ0n) is 17.5. The van der Waals surface area contributed by atoms with Gasteiger partial charge in [-0.25, -0.2) is 13.8 Å². The van der Waals surface area contributed by atoms with E-state index in [2.05, 4.69) is 14.7 Å². The van der Waals surface area contributed by atoms with Crippen molar-refractivity contribution in [2.45, 2.75) is 42.9 Å². The average Bonchev–Trinajstić information content (AvgIpc) is 2.65. The van der Waals surface area contributed by atoms with Crippen molar-refractivity contribution in [2.24, 2.45) is 0 Å². The molecule has 32 heavy (non-hydrogen) atoms. The predicted molar refractivity (Wildman–Crippen MR) is 114 cm³/mol. The Labute approximate surface area is 189 Å². The van der Waals surface area contributed by atoms with Crippen molar-refractivity contribution in [1.29, 1.82) is 0 Å². The Bertz CT molecular complexity index is 1070. The van der Waals surface area contributed by atoms with Gasteiger partial charge in [0, 0.05) is 30.5 Å². The first kappa shape index (κ1) is 24.6. The third-order valence-corrected chi connectivity index (χ3v) is 7.21. The van der Waals surface area contributed by atoms with E-state index in [0.717, 1.165) is 24.2 Å². The number of aliphatic hydroxyl groups is 2. The molecule has 1 aromatic heterocycles. The molecule has 2 aromatic rings. The number of hydrogen-bond acceptors (Lipinski definition) is 8. The van der Waals surface area contributed by atoms with Gasteiger partial charge in [0.2, 0.25) is 5.88 Å². The summed E-state index contributed by atoms with van der Waals surface area (Å²) >= 11 is 0.950. The van der Waals surface area contributed by atoms with Crippen molar-refractivity contribution in [1.82, 2.24) is 14.3 Å². The second kappa shape index (κ2) is 9.83. The molecule has 1 atom stereocenters. The molecule has 0 bridgehead atoms. The number of halogens is 2. The van der Waals surface area contributed by atoms with Gasteiger partial charge in [0.1, 0.15) is 17.5 Å². The molecule has 0 radical (unpaired) electrons. The van der Waals surface area contributed by atoms with Crippen LogP contribution in [0.4, 0.5) is 14.6 Å². The van der Waals surface area contributed by atoms with Crippen molar-refractivity contribution < 1.29 is 32.1 Å². The second-order valence-corrected chi connectivity index (χ2v) is 10.3. The number of ether oxygens (including phenoxy) is 1. The lowest BCUT2D eigenvalue weighted by Gasteiger charge is -2.30. The number of aliphatic hydroxyl groups excluding tert-OH is 2. The summed E-state index contributed by atoms with van der Waals surface area (Å²) in [5, 5.41) is 19.3. The Hall–Kier alpha value is -2.06. The molecule has 1 fully saturated rings. The number of nitrogens with zero attached hydrogens (tertiary/aromatic N) is 3. The number of nitrogens with one attached hydrogen (secondary N) is 1. The summed E-state index contributed by atoms with van der Waals surface area (Å²) in [6, 6.07) is 5.04. The summed E-state index contributed by atoms with van der Waals surface area (Å²) in [4.78, 5) is 8.33. The zero-order valence-corrected chi connectivity index (χ0v) is 19.1. The maximum atomic E-state index is 14.0. The van der Waals surface area contributed by atoms with Crippen LogP contribution in [0.25, 0.3) is 0 Å². The van der Waals surface area contributed by atoms with Crippen LogP contribution in [-0.2, 0) is 16.0 Å². The molecule has 1 aliphatic rings. The third-order valence-electron chi connectivity index (χ3n) is 4.80. The highest BCUT2D eigenvalue weighted by atomic mass is 32.2. The summed E-state index contributed by atoms with van der Waals surface area (Å²) < 4.78 is 61.6. The van der Waals surface area contributed by atoms with Gasteiger partial charge >= 0.3 is 10.2 Å². The normalized spacial score (nSPS) is 15.8. The molecule has 3 N–H and O–H groups in total. The fourth-order valence-corrected chi connectivity index (χ4v) is 4.72. The molecule has 3 rings (SSSR count). The Balaban J connectivity index is 1.87. The number of aromatic nitrogens is 2. The molecular weight excluding hydrogens is 466 g/mol. The van der Waals surface area contributed by atoms with Crippen molar-refractivity contribution >= 4 is 27.8 Å². The Morgan fingerprint density at radius 2 is 2.03 bits per heavy atom. The molecule has 176 valence electrons. The minimum atomic E-state index is -3.82. The third kappa shape index (κ3) is 5.84. The molecular formula is C19H24F2N4O5S2. The highest BCUT2D eigenvalue weighted by molar-refractivity contribution is 7.98. The summed E-state index contributed by atoms with van der Waals surface area (Å²) in [7, 11) is -3.82. The predicted octanol–water partition coefficient (Wildman–Crippen LogP) is 1.92. The maximum Gasteiger partial charge on any atom is 0.302 e. The first-order valence-electron chi connectivity index (χ1n) is 9.72. The van der Waals surface area contributed by atoms with Crippen LogP contribution in [0, 0.1) is 11.6 Å². The van der Waals surface area contributed by atoms with Crippen LogP contribution in [0.1, 0.15) is 25.8 Å². The number of benzene rings is 1. The quantitative estimate of drug-likeness (QED) is 0.341. The zero-order chi connectivity index (χ0) is 23.5. The van der Waals surface area contributed by atoms with E-state index in [1.807, 2.05) is 0 Å². The van der Waals surface area contributed by atoms with Crippen LogP contribution in [0.3, 0.4) is 0 Å². The van der Waals surface area contributed by atoms with Gasteiger partial charge in [0.15, 0.2) is 16.8 Å². The van der Waals surface area contributed by atoms with E-state index in [-0.39, 0.29) is 28.2 Å². The molecule has 13 heteroatoms. The highest BCUT2D eigenvalue weighted by Crippen LogP contribution is 2.29. The highest BCUT2D eigenvalue weighted by Gasteiger charge is 2.31. The molecule has 1 aromatic carbocycles. The summed E-state index contributed by atoms with van der Waals surface area (Å²) in [5.74, 6) is -2.14. The van der Waals surface area contributed by atoms with Gasteiger partial charge in [-0.2, -0.15) is 17.7 Å². The lowest BCUT2D eigenvalue weighted by Crippen LogP contribution is -2.45. The average molecular weight is 491 g/mol. The Kier molecular flexibility index (Phi) is 7.55. The van der Waals surface area contributed by atoms with E-state index in [1.165, 1.54) is 36.4 Å². The minimum Gasteiger partial charge on any atom is -0.469 e. The second-order valence-electron chi connectivity index (χ2n) is 7.64. The lowest BCUT2D eigenvalue weighted by molar-refractivity contribution is -0.0566. The largest absolute Gasteiger partial charge is 0.469 e. The molecule has 0 saturated carbocycles. The van der Waals surface area contributed by atoms with Gasteiger partial charge in [0.25, 0.3) is 0 Å². The van der Waals surface area contributed by atoms with E-state index in [1.54, 1.807) is 0 Å². The minimum absolute atomic E-state index is 0.0198. The van der Waals surface area contributed by atoms with Gasteiger partial charge in [-0.05, 0) is 26.3 Å². The molecule has 0 spiro atoms. The van der Waals surface area contributed by atoms with Crippen LogP contribution >= 0.6 is 11.8 Å². The molecule has 1 unspecified atom stereocenters. The SMILES string of the molecule is CC(C)(Oc1cc(NS(=O)(=O)N2CCC2)nc(SCc2cccc(F)c2F)n1)C(O)CO. The van der Waals surface area contributed by atoms with Crippen molar-refractivity contribution in [3.8, 4) is 5.88 Å². The monoisotopic (exact) mass is 490 g/mol. The van der Waals surface area contributed by atoms with E-state index in [9.17, 15) is 27.4 Å². The van der Waals surface area contributed by atoms with Crippen molar-refractivity contribution in [3.05, 3.63) is 41.5 Å². The first-order valence-corrected chi connectivity index (χ1v) is 12.1. The van der Waals surface area contributed by atoms with Crippen LogP contribution in [0.15, 0.2) is 29.4 Å². The van der Waals surface area contributed by atoms with Crippen LogP contribution in [-0.4, -0.2) is 64.3 Å². The topological polar surface area (TPSA) is 125 Å². The molecule has 2 heterocycles. The van der Waals surface area contributed by atoms with Crippen LogP contribution < -0.4 is 9.46 Å². The standard InChI is InChI=1S/C19H24F2N4O5S2/c1-19(2,14(27)10-26)30-16-9-15(24-32(28,29)25-7-4-8-25)22-18(23-16)31-11-12-5-3-6-13(20)17(12)21/h3,5-6,9,14,26-27H,4,7-8,10-11H2,1-2H3,(H,22,23,24). The molecule has 1 aliphatic heterocycles. The fraction of sp³-hybridized carbons (Fsp3) is 0.474. The van der Waals surface area contributed by atoms with Gasteiger partial charge in [0.05, 0.1) is 6.61 Å². The fourth-order valence-electron chi connectivity index (χ4n) is 2.66. The summed E-state index contributed by atoms with van der Waals surface area (Å²) in [6.07, 6.45) is -0.483. The van der Waals surface area contributed by atoms with E-state index in [0.29, 0.717) is 13.1 Å². The number of hydrogen-bond donors (Lipinski definition) is 3. The molecule has 0 amide bonds.